The van der Waals surface area contributed by atoms with Crippen LogP contribution in [0.15, 0.2) is 29.2 Å². The molecular formula is C21H32FN3O3S. The monoisotopic (exact) mass is 425 g/mol. The van der Waals surface area contributed by atoms with Gasteiger partial charge in [-0.05, 0) is 50.8 Å². The molecule has 29 heavy (non-hydrogen) atoms. The summed E-state index contributed by atoms with van der Waals surface area (Å²) in [4.78, 5) is 14.8. The zero-order chi connectivity index (χ0) is 20.9. The highest BCUT2D eigenvalue weighted by molar-refractivity contribution is 7.89. The van der Waals surface area contributed by atoms with Crippen LogP contribution in [0.2, 0.25) is 0 Å². The smallest absolute Gasteiger partial charge is 0.245 e. The summed E-state index contributed by atoms with van der Waals surface area (Å²) in [5, 5.41) is 3.17. The van der Waals surface area contributed by atoms with Crippen LogP contribution in [0.4, 0.5) is 4.39 Å². The average Bonchev–Trinajstić information content (AvgIpc) is 2.73. The Morgan fingerprint density at radius 1 is 1.10 bits per heavy atom. The van der Waals surface area contributed by atoms with E-state index < -0.39 is 15.8 Å². The summed E-state index contributed by atoms with van der Waals surface area (Å²) < 4.78 is 40.6. The fraction of sp³-hybridized carbons (Fsp3) is 0.667. The Kier molecular flexibility index (Phi) is 7.65. The fourth-order valence-electron chi connectivity index (χ4n) is 4.15. The third-order valence-corrected chi connectivity index (χ3v) is 7.97. The molecule has 2 heterocycles. The van der Waals surface area contributed by atoms with Crippen molar-refractivity contribution < 1.29 is 17.6 Å². The minimum atomic E-state index is -3.86. The molecule has 3 rings (SSSR count). The molecule has 1 aromatic rings. The minimum Gasteiger partial charge on any atom is -0.353 e. The Hall–Kier alpha value is -1.51. The molecule has 0 bridgehead atoms. The minimum absolute atomic E-state index is 0.0277. The quantitative estimate of drug-likeness (QED) is 0.729. The number of carbonyl (C=O) groups is 1. The Morgan fingerprint density at radius 2 is 1.76 bits per heavy atom. The molecule has 6 nitrogen and oxygen atoms in total. The standard InChI is InChI=1S/C21H32FN3O3S/c1-2-3-12-24-13-10-18(11-14-24)23-21(26)17-8-15-25(16-9-17)29(27,28)20-7-5-4-6-19(20)22/h4-7,17-18H,2-3,8-16H2,1H3,(H,23,26). The molecule has 0 atom stereocenters. The molecule has 8 heteroatoms. The number of nitrogens with one attached hydrogen (secondary N) is 1. The van der Waals surface area contributed by atoms with Gasteiger partial charge in [-0.2, -0.15) is 4.31 Å². The second kappa shape index (κ2) is 10.00. The van der Waals surface area contributed by atoms with E-state index in [4.69, 9.17) is 0 Å². The van der Waals surface area contributed by atoms with Gasteiger partial charge in [-0.3, -0.25) is 4.79 Å². The number of rotatable bonds is 7. The van der Waals surface area contributed by atoms with Crippen molar-refractivity contribution in [2.45, 2.75) is 56.4 Å². The number of hydrogen-bond acceptors (Lipinski definition) is 4. The van der Waals surface area contributed by atoms with Gasteiger partial charge < -0.3 is 10.2 Å². The number of carbonyl (C=O) groups excluding carboxylic acids is 1. The molecule has 1 amide bonds. The summed E-state index contributed by atoms with van der Waals surface area (Å²) in [5.41, 5.74) is 0. The second-order valence-corrected chi connectivity index (χ2v) is 9.99. The van der Waals surface area contributed by atoms with Crippen LogP contribution < -0.4 is 5.32 Å². The van der Waals surface area contributed by atoms with Crippen molar-refractivity contribution in [1.82, 2.24) is 14.5 Å². The summed E-state index contributed by atoms with van der Waals surface area (Å²) in [7, 11) is -3.86. The largest absolute Gasteiger partial charge is 0.353 e. The van der Waals surface area contributed by atoms with Crippen molar-refractivity contribution >= 4 is 15.9 Å². The summed E-state index contributed by atoms with van der Waals surface area (Å²) >= 11 is 0. The van der Waals surface area contributed by atoms with Crippen molar-refractivity contribution in [1.29, 1.82) is 0 Å². The number of likely N-dealkylation sites (tertiary alicyclic amines) is 1. The van der Waals surface area contributed by atoms with Gasteiger partial charge in [0.15, 0.2) is 0 Å². The van der Waals surface area contributed by atoms with Gasteiger partial charge in [-0.15, -0.1) is 0 Å². The molecule has 1 aromatic carbocycles. The number of unbranched alkanes of at least 4 members (excludes halogenated alkanes) is 1. The molecule has 2 saturated heterocycles. The van der Waals surface area contributed by atoms with E-state index in [0.29, 0.717) is 12.8 Å². The predicted octanol–water partition coefficient (Wildman–Crippen LogP) is 2.61. The summed E-state index contributed by atoms with van der Waals surface area (Å²) in [6.07, 6.45) is 5.28. The van der Waals surface area contributed by atoms with Gasteiger partial charge in [0.1, 0.15) is 10.7 Å². The normalized spacial score (nSPS) is 20.6. The van der Waals surface area contributed by atoms with Crippen LogP contribution in [-0.4, -0.2) is 62.3 Å². The molecule has 2 aliphatic rings. The molecule has 0 spiro atoms. The maximum atomic E-state index is 13.9. The van der Waals surface area contributed by atoms with E-state index in [1.807, 2.05) is 0 Å². The van der Waals surface area contributed by atoms with E-state index in [2.05, 4.69) is 17.1 Å². The summed E-state index contributed by atoms with van der Waals surface area (Å²) in [5.74, 6) is -0.891. The summed E-state index contributed by atoms with van der Waals surface area (Å²) in [6.45, 7) is 5.84. The molecule has 0 unspecified atom stereocenters. The highest BCUT2D eigenvalue weighted by atomic mass is 32.2. The maximum absolute atomic E-state index is 13.9. The molecule has 0 aliphatic carbocycles. The predicted molar refractivity (Wildman–Crippen MR) is 110 cm³/mol. The van der Waals surface area contributed by atoms with Crippen molar-refractivity contribution in [3.05, 3.63) is 30.1 Å². The van der Waals surface area contributed by atoms with Crippen LogP contribution in [0, 0.1) is 11.7 Å². The molecule has 0 saturated carbocycles. The van der Waals surface area contributed by atoms with Crippen molar-refractivity contribution in [2.75, 3.05) is 32.7 Å². The number of benzene rings is 1. The molecule has 162 valence electrons. The highest BCUT2D eigenvalue weighted by Crippen LogP contribution is 2.25. The van der Waals surface area contributed by atoms with E-state index in [-0.39, 0.29) is 35.9 Å². The Balaban J connectivity index is 1.47. The first-order chi connectivity index (χ1) is 13.9. The molecular weight excluding hydrogens is 393 g/mol. The number of hydrogen-bond donors (Lipinski definition) is 1. The van der Waals surface area contributed by atoms with Crippen molar-refractivity contribution in [3.63, 3.8) is 0 Å². The van der Waals surface area contributed by atoms with Gasteiger partial charge in [0.2, 0.25) is 15.9 Å². The lowest BCUT2D eigenvalue weighted by Crippen LogP contribution is -2.48. The number of amides is 1. The van der Waals surface area contributed by atoms with E-state index in [9.17, 15) is 17.6 Å². The zero-order valence-corrected chi connectivity index (χ0v) is 18.0. The van der Waals surface area contributed by atoms with Gasteiger partial charge in [0.05, 0.1) is 0 Å². The third kappa shape index (κ3) is 5.55. The SMILES string of the molecule is CCCCN1CCC(NC(=O)C2CCN(S(=O)(=O)c3ccccc3F)CC2)CC1. The molecule has 1 N–H and O–H groups in total. The van der Waals surface area contributed by atoms with Gasteiger partial charge in [0, 0.05) is 38.1 Å². The second-order valence-electron chi connectivity index (χ2n) is 8.09. The first-order valence-corrected chi connectivity index (χ1v) is 12.1. The Labute approximate surface area is 173 Å². The lowest BCUT2D eigenvalue weighted by molar-refractivity contribution is -0.127. The Morgan fingerprint density at radius 3 is 2.38 bits per heavy atom. The number of nitrogens with zero attached hydrogens (tertiary/aromatic N) is 2. The van der Waals surface area contributed by atoms with Crippen LogP contribution in [-0.2, 0) is 14.8 Å². The number of halogens is 1. The van der Waals surface area contributed by atoms with E-state index >= 15 is 0 Å². The number of piperidine rings is 2. The molecule has 0 radical (unpaired) electrons. The first kappa shape index (κ1) is 22.2. The lowest BCUT2D eigenvalue weighted by Gasteiger charge is -2.34. The van der Waals surface area contributed by atoms with Gasteiger partial charge in [-0.1, -0.05) is 25.5 Å². The van der Waals surface area contributed by atoms with Crippen LogP contribution in [0.25, 0.3) is 0 Å². The lowest BCUT2D eigenvalue weighted by atomic mass is 9.96. The fourth-order valence-corrected chi connectivity index (χ4v) is 5.69. The maximum Gasteiger partial charge on any atom is 0.245 e. The van der Waals surface area contributed by atoms with Crippen LogP contribution in [0.1, 0.15) is 45.4 Å². The third-order valence-electron chi connectivity index (χ3n) is 6.04. The van der Waals surface area contributed by atoms with Crippen LogP contribution in [0.3, 0.4) is 0 Å². The van der Waals surface area contributed by atoms with Crippen LogP contribution in [0.5, 0.6) is 0 Å². The van der Waals surface area contributed by atoms with E-state index in [1.165, 1.54) is 35.3 Å². The summed E-state index contributed by atoms with van der Waals surface area (Å²) in [6, 6.07) is 5.64. The molecule has 0 aromatic heterocycles. The Bertz CT molecular complexity index is 786. The van der Waals surface area contributed by atoms with E-state index in [0.717, 1.165) is 38.5 Å². The first-order valence-electron chi connectivity index (χ1n) is 10.7. The molecule has 2 aliphatic heterocycles. The van der Waals surface area contributed by atoms with Gasteiger partial charge in [-0.25, -0.2) is 12.8 Å². The van der Waals surface area contributed by atoms with Gasteiger partial charge >= 0.3 is 0 Å². The van der Waals surface area contributed by atoms with Crippen molar-refractivity contribution in [2.24, 2.45) is 5.92 Å². The van der Waals surface area contributed by atoms with Gasteiger partial charge in [0.25, 0.3) is 0 Å². The zero-order valence-electron chi connectivity index (χ0n) is 17.1. The molecule has 2 fully saturated rings. The van der Waals surface area contributed by atoms with E-state index in [1.54, 1.807) is 0 Å². The topological polar surface area (TPSA) is 69.7 Å². The highest BCUT2D eigenvalue weighted by Gasteiger charge is 2.34. The average molecular weight is 426 g/mol. The number of sulfonamides is 1. The van der Waals surface area contributed by atoms with Crippen LogP contribution >= 0.6 is 0 Å². The van der Waals surface area contributed by atoms with Crippen molar-refractivity contribution in [3.8, 4) is 0 Å².